The lowest BCUT2D eigenvalue weighted by atomic mass is 10.0. The summed E-state index contributed by atoms with van der Waals surface area (Å²) in [5, 5.41) is 1.83. The van der Waals surface area contributed by atoms with Crippen molar-refractivity contribution in [1.82, 2.24) is 4.98 Å². The Morgan fingerprint density at radius 3 is 2.61 bits per heavy atom. The van der Waals surface area contributed by atoms with E-state index in [1.807, 2.05) is 6.07 Å². The van der Waals surface area contributed by atoms with Gasteiger partial charge in [-0.1, -0.05) is 34.8 Å². The fraction of sp³-hybridized carbons (Fsp3) is 0.154. The molecule has 1 aromatic carbocycles. The van der Waals surface area contributed by atoms with Crippen molar-refractivity contribution in [3.05, 3.63) is 62.9 Å². The summed E-state index contributed by atoms with van der Waals surface area (Å²) in [7, 11) is 0. The molecule has 0 amide bonds. The minimum atomic E-state index is -0.254. The van der Waals surface area contributed by atoms with Crippen molar-refractivity contribution in [2.75, 3.05) is 0 Å². The highest BCUT2D eigenvalue weighted by Gasteiger charge is 2.13. The van der Waals surface area contributed by atoms with Crippen LogP contribution in [0.1, 0.15) is 17.2 Å². The zero-order valence-corrected chi connectivity index (χ0v) is 11.7. The van der Waals surface area contributed by atoms with Crippen LogP contribution in [0.15, 0.2) is 36.7 Å². The molecule has 0 saturated heterocycles. The molecule has 0 spiro atoms. The molecule has 0 bridgehead atoms. The number of halogens is 3. The van der Waals surface area contributed by atoms with Gasteiger partial charge in [0.05, 0.1) is 5.02 Å². The largest absolute Gasteiger partial charge is 0.324 e. The van der Waals surface area contributed by atoms with E-state index in [-0.39, 0.29) is 6.04 Å². The normalized spacial score (nSPS) is 12.4. The number of rotatable bonds is 3. The highest BCUT2D eigenvalue weighted by Crippen LogP contribution is 2.28. The van der Waals surface area contributed by atoms with Crippen LogP contribution in [-0.2, 0) is 6.42 Å². The second kappa shape index (κ2) is 5.89. The van der Waals surface area contributed by atoms with Gasteiger partial charge in [-0.25, -0.2) is 0 Å². The summed E-state index contributed by atoms with van der Waals surface area (Å²) >= 11 is 18.1. The number of benzene rings is 1. The van der Waals surface area contributed by atoms with E-state index in [9.17, 15) is 0 Å². The zero-order valence-electron chi connectivity index (χ0n) is 9.41. The van der Waals surface area contributed by atoms with E-state index in [0.29, 0.717) is 21.5 Å². The van der Waals surface area contributed by atoms with Crippen molar-refractivity contribution >= 4 is 34.8 Å². The summed E-state index contributed by atoms with van der Waals surface area (Å²) in [6.45, 7) is 0. The first-order chi connectivity index (χ1) is 8.58. The number of hydrogen-bond acceptors (Lipinski definition) is 2. The number of hydrogen-bond donors (Lipinski definition) is 1. The summed E-state index contributed by atoms with van der Waals surface area (Å²) in [5.74, 6) is 0. The first-order valence-corrected chi connectivity index (χ1v) is 6.50. The Labute approximate surface area is 121 Å². The SMILES string of the molecule is NC(Cc1ccncc1Cl)c1cc(Cl)ccc1Cl. The molecule has 1 heterocycles. The Morgan fingerprint density at radius 1 is 1.11 bits per heavy atom. The second-order valence-corrected chi connectivity index (χ2v) is 5.19. The molecule has 18 heavy (non-hydrogen) atoms. The molecule has 0 aliphatic carbocycles. The van der Waals surface area contributed by atoms with Crippen LogP contribution in [0.25, 0.3) is 0 Å². The van der Waals surface area contributed by atoms with Crippen molar-refractivity contribution < 1.29 is 0 Å². The number of aromatic nitrogens is 1. The molecule has 0 aliphatic heterocycles. The summed E-state index contributed by atoms with van der Waals surface area (Å²) in [5.41, 5.74) is 7.90. The minimum Gasteiger partial charge on any atom is -0.324 e. The van der Waals surface area contributed by atoms with Crippen LogP contribution in [0.3, 0.4) is 0 Å². The van der Waals surface area contributed by atoms with Gasteiger partial charge < -0.3 is 5.73 Å². The summed E-state index contributed by atoms with van der Waals surface area (Å²) in [6, 6.07) is 6.85. The van der Waals surface area contributed by atoms with E-state index in [2.05, 4.69) is 4.98 Å². The molecule has 94 valence electrons. The van der Waals surface area contributed by atoms with Gasteiger partial charge in [0.2, 0.25) is 0 Å². The van der Waals surface area contributed by atoms with E-state index < -0.39 is 0 Å². The maximum absolute atomic E-state index is 6.14. The van der Waals surface area contributed by atoms with E-state index in [1.54, 1.807) is 30.6 Å². The highest BCUT2D eigenvalue weighted by atomic mass is 35.5. The van der Waals surface area contributed by atoms with Crippen LogP contribution >= 0.6 is 34.8 Å². The monoisotopic (exact) mass is 300 g/mol. The maximum atomic E-state index is 6.14. The Hall–Kier alpha value is -0.800. The lowest BCUT2D eigenvalue weighted by Crippen LogP contribution is -2.14. The number of nitrogens with zero attached hydrogens (tertiary/aromatic N) is 1. The van der Waals surface area contributed by atoms with Crippen molar-refractivity contribution in [2.45, 2.75) is 12.5 Å². The first-order valence-electron chi connectivity index (χ1n) is 5.37. The molecule has 2 nitrogen and oxygen atoms in total. The molecular weight excluding hydrogens is 291 g/mol. The van der Waals surface area contributed by atoms with Gasteiger partial charge in [-0.2, -0.15) is 0 Å². The van der Waals surface area contributed by atoms with E-state index in [0.717, 1.165) is 11.1 Å². The average molecular weight is 302 g/mol. The minimum absolute atomic E-state index is 0.254. The van der Waals surface area contributed by atoms with E-state index in [1.165, 1.54) is 0 Å². The topological polar surface area (TPSA) is 38.9 Å². The van der Waals surface area contributed by atoms with Crippen LogP contribution in [0.2, 0.25) is 15.1 Å². The summed E-state index contributed by atoms with van der Waals surface area (Å²) in [4.78, 5) is 3.94. The lowest BCUT2D eigenvalue weighted by Gasteiger charge is -2.14. The van der Waals surface area contributed by atoms with Gasteiger partial charge in [0.1, 0.15) is 0 Å². The molecule has 1 atom stereocenters. The van der Waals surface area contributed by atoms with Gasteiger partial charge in [0.25, 0.3) is 0 Å². The van der Waals surface area contributed by atoms with Crippen LogP contribution in [0.5, 0.6) is 0 Å². The molecular formula is C13H11Cl3N2. The zero-order chi connectivity index (χ0) is 13.1. The molecule has 2 aromatic rings. The summed E-state index contributed by atoms with van der Waals surface area (Å²) in [6.07, 6.45) is 3.87. The first kappa shape index (κ1) is 13.6. The number of pyridine rings is 1. The number of nitrogens with two attached hydrogens (primary N) is 1. The fourth-order valence-corrected chi connectivity index (χ4v) is 2.35. The van der Waals surface area contributed by atoms with Crippen molar-refractivity contribution in [2.24, 2.45) is 5.73 Å². The molecule has 1 unspecified atom stereocenters. The molecule has 0 saturated carbocycles. The predicted octanol–water partition coefficient (Wildman–Crippen LogP) is 4.28. The molecule has 0 radical (unpaired) electrons. The molecule has 2 rings (SSSR count). The van der Waals surface area contributed by atoms with Gasteiger partial charge in [-0.3, -0.25) is 4.98 Å². The Kier molecular flexibility index (Phi) is 4.46. The third-order valence-corrected chi connectivity index (χ3v) is 3.57. The van der Waals surface area contributed by atoms with Crippen LogP contribution in [0.4, 0.5) is 0 Å². The third-order valence-electron chi connectivity index (χ3n) is 2.65. The van der Waals surface area contributed by atoms with Crippen molar-refractivity contribution in [3.63, 3.8) is 0 Å². The van der Waals surface area contributed by atoms with Gasteiger partial charge in [-0.15, -0.1) is 0 Å². The van der Waals surface area contributed by atoms with Gasteiger partial charge in [0.15, 0.2) is 0 Å². The quantitative estimate of drug-likeness (QED) is 0.918. The Balaban J connectivity index is 2.25. The molecule has 1 aromatic heterocycles. The smallest absolute Gasteiger partial charge is 0.0622 e. The predicted molar refractivity (Wildman–Crippen MR) is 76.3 cm³/mol. The standard InChI is InChI=1S/C13H11Cl3N2/c14-9-1-2-11(15)10(6-9)13(17)5-8-3-4-18-7-12(8)16/h1-4,6-7,13H,5,17H2. The highest BCUT2D eigenvalue weighted by molar-refractivity contribution is 6.33. The van der Waals surface area contributed by atoms with Gasteiger partial charge in [-0.05, 0) is 41.8 Å². The average Bonchev–Trinajstić information content (AvgIpc) is 2.35. The molecule has 5 heteroatoms. The summed E-state index contributed by atoms with van der Waals surface area (Å²) < 4.78 is 0. The Morgan fingerprint density at radius 2 is 1.89 bits per heavy atom. The maximum Gasteiger partial charge on any atom is 0.0622 e. The van der Waals surface area contributed by atoms with Crippen molar-refractivity contribution in [1.29, 1.82) is 0 Å². The lowest BCUT2D eigenvalue weighted by molar-refractivity contribution is 0.721. The fourth-order valence-electron chi connectivity index (χ4n) is 1.72. The van der Waals surface area contributed by atoms with E-state index >= 15 is 0 Å². The van der Waals surface area contributed by atoms with Gasteiger partial charge >= 0.3 is 0 Å². The molecule has 2 N–H and O–H groups in total. The van der Waals surface area contributed by atoms with E-state index in [4.69, 9.17) is 40.5 Å². The molecule has 0 fully saturated rings. The second-order valence-electron chi connectivity index (χ2n) is 3.94. The third kappa shape index (κ3) is 3.15. The van der Waals surface area contributed by atoms with Crippen molar-refractivity contribution in [3.8, 4) is 0 Å². The Bertz CT molecular complexity index is 558. The molecule has 0 aliphatic rings. The van der Waals surface area contributed by atoms with Crippen LogP contribution in [-0.4, -0.2) is 4.98 Å². The van der Waals surface area contributed by atoms with Crippen LogP contribution < -0.4 is 5.73 Å². The van der Waals surface area contributed by atoms with Crippen LogP contribution in [0, 0.1) is 0 Å². The van der Waals surface area contributed by atoms with Gasteiger partial charge in [0, 0.05) is 28.5 Å².